The highest BCUT2D eigenvalue weighted by Crippen LogP contribution is 2.19. The predicted octanol–water partition coefficient (Wildman–Crippen LogP) is 3.40. The fraction of sp³-hybridized carbons (Fsp3) is 0.500. The number of pyridine rings is 1. The Balaban J connectivity index is 2.93. The minimum Gasteiger partial charge on any atom is -0.329 e. The molecule has 0 aromatic carbocycles. The smallest absolute Gasteiger partial charge is 0.329 e. The van der Waals surface area contributed by atoms with Gasteiger partial charge < -0.3 is 4.90 Å². The number of alkyl halides is 3. The zero-order chi connectivity index (χ0) is 14.6. The van der Waals surface area contributed by atoms with Crippen LogP contribution in [0.1, 0.15) is 24.2 Å². The van der Waals surface area contributed by atoms with Crippen LogP contribution in [-0.4, -0.2) is 35.1 Å². The third kappa shape index (κ3) is 5.46. The summed E-state index contributed by atoms with van der Waals surface area (Å²) in [6, 6.07) is 2.60. The molecular formula is C12H14ClF3N2O. The molecule has 0 spiro atoms. The Labute approximate surface area is 114 Å². The molecule has 0 fully saturated rings. The maximum Gasteiger partial charge on any atom is 0.406 e. The van der Waals surface area contributed by atoms with Gasteiger partial charge in [0, 0.05) is 18.3 Å². The first kappa shape index (κ1) is 15.8. The van der Waals surface area contributed by atoms with E-state index in [1.54, 1.807) is 13.8 Å². The summed E-state index contributed by atoms with van der Waals surface area (Å²) in [5, 5.41) is 0.0716. The summed E-state index contributed by atoms with van der Waals surface area (Å²) < 4.78 is 37.4. The summed E-state index contributed by atoms with van der Waals surface area (Å²) in [5.41, 5.74) is 0.102. The number of hydrogen-bond acceptors (Lipinski definition) is 2. The van der Waals surface area contributed by atoms with Crippen molar-refractivity contribution in [1.29, 1.82) is 0 Å². The number of hydrogen-bond donors (Lipinski definition) is 0. The summed E-state index contributed by atoms with van der Waals surface area (Å²) in [5.74, 6) is -0.765. The molecule has 0 atom stereocenters. The molecule has 19 heavy (non-hydrogen) atoms. The fourth-order valence-corrected chi connectivity index (χ4v) is 1.77. The van der Waals surface area contributed by atoms with E-state index in [2.05, 4.69) is 4.98 Å². The summed E-state index contributed by atoms with van der Waals surface area (Å²) in [6.07, 6.45) is -3.14. The molecule has 0 aliphatic heterocycles. The van der Waals surface area contributed by atoms with Crippen LogP contribution in [0, 0.1) is 5.92 Å². The van der Waals surface area contributed by atoms with Crippen molar-refractivity contribution in [3.63, 3.8) is 0 Å². The second-order valence-corrected chi connectivity index (χ2v) is 4.95. The summed E-state index contributed by atoms with van der Waals surface area (Å²) >= 11 is 5.63. The van der Waals surface area contributed by atoms with Crippen molar-refractivity contribution in [2.45, 2.75) is 20.0 Å². The topological polar surface area (TPSA) is 33.2 Å². The molecule has 106 valence electrons. The van der Waals surface area contributed by atoms with E-state index >= 15 is 0 Å². The number of aromatic nitrogens is 1. The van der Waals surface area contributed by atoms with Crippen LogP contribution in [-0.2, 0) is 0 Å². The predicted molar refractivity (Wildman–Crippen MR) is 66.0 cm³/mol. The molecule has 1 rings (SSSR count). The van der Waals surface area contributed by atoms with Crippen LogP contribution in [0.5, 0.6) is 0 Å². The zero-order valence-corrected chi connectivity index (χ0v) is 11.3. The van der Waals surface area contributed by atoms with Gasteiger partial charge in [-0.05, 0) is 18.1 Å². The zero-order valence-electron chi connectivity index (χ0n) is 10.5. The van der Waals surface area contributed by atoms with Crippen molar-refractivity contribution in [2.24, 2.45) is 5.92 Å². The molecule has 1 heterocycles. The van der Waals surface area contributed by atoms with Gasteiger partial charge in [-0.2, -0.15) is 13.2 Å². The van der Waals surface area contributed by atoms with E-state index in [9.17, 15) is 18.0 Å². The molecule has 0 radical (unpaired) electrons. The van der Waals surface area contributed by atoms with Gasteiger partial charge >= 0.3 is 6.18 Å². The fourth-order valence-electron chi connectivity index (χ4n) is 1.59. The lowest BCUT2D eigenvalue weighted by Gasteiger charge is -2.25. The van der Waals surface area contributed by atoms with E-state index in [0.717, 1.165) is 4.90 Å². The lowest BCUT2D eigenvalue weighted by atomic mass is 10.1. The van der Waals surface area contributed by atoms with Gasteiger partial charge in [-0.3, -0.25) is 4.79 Å². The average Bonchev–Trinajstić information content (AvgIpc) is 2.24. The summed E-state index contributed by atoms with van der Waals surface area (Å²) in [6.45, 7) is 2.24. The van der Waals surface area contributed by atoms with Crippen LogP contribution in [0.2, 0.25) is 5.15 Å². The van der Waals surface area contributed by atoms with Crippen molar-refractivity contribution in [3.8, 4) is 0 Å². The van der Waals surface area contributed by atoms with Crippen LogP contribution >= 0.6 is 11.6 Å². The maximum atomic E-state index is 12.5. The molecule has 0 bridgehead atoms. The van der Waals surface area contributed by atoms with Gasteiger partial charge in [-0.1, -0.05) is 25.4 Å². The summed E-state index contributed by atoms with van der Waals surface area (Å²) in [7, 11) is 0. The second kappa shape index (κ2) is 6.23. The average molecular weight is 295 g/mol. The standard InChI is InChI=1S/C12H14ClF3N2O/c1-8(2)6-18(7-12(14,15)16)11(19)9-3-4-17-10(13)5-9/h3-5,8H,6-7H2,1-2H3. The summed E-state index contributed by atoms with van der Waals surface area (Å²) in [4.78, 5) is 16.5. The number of carbonyl (C=O) groups is 1. The molecule has 0 saturated carbocycles. The second-order valence-electron chi connectivity index (χ2n) is 4.56. The van der Waals surface area contributed by atoms with Gasteiger partial charge in [-0.15, -0.1) is 0 Å². The number of amides is 1. The molecule has 1 amide bonds. The highest BCUT2D eigenvalue weighted by atomic mass is 35.5. The highest BCUT2D eigenvalue weighted by molar-refractivity contribution is 6.29. The SMILES string of the molecule is CC(C)CN(CC(F)(F)F)C(=O)c1ccnc(Cl)c1. The monoisotopic (exact) mass is 294 g/mol. The minimum absolute atomic E-state index is 0.0261. The Hall–Kier alpha value is -1.30. The van der Waals surface area contributed by atoms with Crippen molar-refractivity contribution in [2.75, 3.05) is 13.1 Å². The van der Waals surface area contributed by atoms with Crippen molar-refractivity contribution in [3.05, 3.63) is 29.0 Å². The van der Waals surface area contributed by atoms with Crippen molar-refractivity contribution < 1.29 is 18.0 Å². The molecule has 0 unspecified atom stereocenters. The van der Waals surface area contributed by atoms with Crippen LogP contribution < -0.4 is 0 Å². The van der Waals surface area contributed by atoms with Gasteiger partial charge in [0.15, 0.2) is 0 Å². The van der Waals surface area contributed by atoms with Gasteiger partial charge in [0.25, 0.3) is 5.91 Å². The Bertz CT molecular complexity index is 449. The molecule has 3 nitrogen and oxygen atoms in total. The molecule has 0 saturated heterocycles. The molecule has 7 heteroatoms. The Morgan fingerprint density at radius 3 is 2.58 bits per heavy atom. The molecule has 0 N–H and O–H groups in total. The molecule has 1 aromatic heterocycles. The first-order valence-electron chi connectivity index (χ1n) is 5.66. The Morgan fingerprint density at radius 1 is 1.47 bits per heavy atom. The van der Waals surface area contributed by atoms with Gasteiger partial charge in [0.1, 0.15) is 11.7 Å². The first-order valence-corrected chi connectivity index (χ1v) is 6.04. The van der Waals surface area contributed by atoms with Gasteiger partial charge in [0.2, 0.25) is 0 Å². The van der Waals surface area contributed by atoms with E-state index in [1.807, 2.05) is 0 Å². The van der Waals surface area contributed by atoms with Crippen LogP contribution in [0.25, 0.3) is 0 Å². The number of halogens is 4. The quantitative estimate of drug-likeness (QED) is 0.798. The Morgan fingerprint density at radius 2 is 2.11 bits per heavy atom. The lowest BCUT2D eigenvalue weighted by molar-refractivity contribution is -0.141. The maximum absolute atomic E-state index is 12.5. The molecule has 0 aliphatic carbocycles. The third-order valence-electron chi connectivity index (χ3n) is 2.22. The number of nitrogens with zero attached hydrogens (tertiary/aromatic N) is 2. The van der Waals surface area contributed by atoms with Gasteiger partial charge in [-0.25, -0.2) is 4.98 Å². The van der Waals surface area contributed by atoms with Crippen molar-refractivity contribution >= 4 is 17.5 Å². The first-order chi connectivity index (χ1) is 8.69. The van der Waals surface area contributed by atoms with Gasteiger partial charge in [0.05, 0.1) is 0 Å². The van der Waals surface area contributed by atoms with Crippen LogP contribution in [0.3, 0.4) is 0 Å². The van der Waals surface area contributed by atoms with Crippen molar-refractivity contribution in [1.82, 2.24) is 9.88 Å². The number of rotatable bonds is 4. The highest BCUT2D eigenvalue weighted by Gasteiger charge is 2.33. The van der Waals surface area contributed by atoms with Crippen LogP contribution in [0.4, 0.5) is 13.2 Å². The van der Waals surface area contributed by atoms with E-state index < -0.39 is 18.6 Å². The van der Waals surface area contributed by atoms with E-state index in [1.165, 1.54) is 18.3 Å². The van der Waals surface area contributed by atoms with E-state index in [4.69, 9.17) is 11.6 Å². The largest absolute Gasteiger partial charge is 0.406 e. The number of carbonyl (C=O) groups excluding carboxylic acids is 1. The molecular weight excluding hydrogens is 281 g/mol. The lowest BCUT2D eigenvalue weighted by Crippen LogP contribution is -2.41. The molecule has 1 aromatic rings. The molecule has 0 aliphatic rings. The van der Waals surface area contributed by atoms with E-state index in [0.29, 0.717) is 0 Å². The minimum atomic E-state index is -4.43. The van der Waals surface area contributed by atoms with Crippen LogP contribution in [0.15, 0.2) is 18.3 Å². The normalized spacial score (nSPS) is 11.7. The van der Waals surface area contributed by atoms with E-state index in [-0.39, 0.29) is 23.2 Å². The third-order valence-corrected chi connectivity index (χ3v) is 2.42. The Kier molecular flexibility index (Phi) is 5.17.